The average molecular weight is 211 g/mol. The van der Waals surface area contributed by atoms with Gasteiger partial charge in [-0.15, -0.1) is 0 Å². The highest BCUT2D eigenvalue weighted by Crippen LogP contribution is 2.47. The fraction of sp³-hybridized carbons (Fsp3) is 1.00. The van der Waals surface area contributed by atoms with Gasteiger partial charge in [0.05, 0.1) is 0 Å². The minimum absolute atomic E-state index is 0.0327. The second-order valence-corrected chi connectivity index (χ2v) is 6.42. The Balaban J connectivity index is 2.21. The van der Waals surface area contributed by atoms with Gasteiger partial charge in [0.1, 0.15) is 0 Å². The molecule has 1 saturated heterocycles. The molecule has 2 fully saturated rings. The molecule has 1 unspecified atom stereocenters. The monoisotopic (exact) mass is 211 g/mol. The fourth-order valence-corrected chi connectivity index (χ4v) is 4.01. The Hall–Kier alpha value is -0.0800. The molecule has 1 saturated carbocycles. The van der Waals surface area contributed by atoms with Crippen molar-refractivity contribution in [3.05, 3.63) is 0 Å². The molecule has 1 N–H and O–H groups in total. The molecule has 2 rings (SSSR count). The highest BCUT2D eigenvalue weighted by atomic mass is 16.5. The molecule has 2 heteroatoms. The Bertz CT molecular complexity index is 231. The first kappa shape index (κ1) is 11.4. The van der Waals surface area contributed by atoms with Gasteiger partial charge >= 0.3 is 0 Å². The predicted octanol–water partition coefficient (Wildman–Crippen LogP) is 3.59. The van der Waals surface area contributed by atoms with Crippen LogP contribution >= 0.6 is 0 Å². The minimum atomic E-state index is -0.0327. The van der Waals surface area contributed by atoms with Gasteiger partial charge in [0, 0.05) is 11.1 Å². The van der Waals surface area contributed by atoms with E-state index in [1.165, 1.54) is 38.5 Å². The number of hydrogen-bond acceptors (Lipinski definition) is 2. The maximum absolute atomic E-state index is 10.5. The van der Waals surface area contributed by atoms with Gasteiger partial charge in [-0.05, 0) is 45.4 Å². The molecule has 0 aromatic rings. The molecule has 15 heavy (non-hydrogen) atoms. The maximum atomic E-state index is 10.5. The van der Waals surface area contributed by atoms with Gasteiger partial charge in [-0.2, -0.15) is 5.06 Å². The summed E-state index contributed by atoms with van der Waals surface area (Å²) in [6.45, 7) is 6.70. The number of hydrogen-bond donors (Lipinski definition) is 1. The quantitative estimate of drug-likeness (QED) is 0.662. The highest BCUT2D eigenvalue weighted by molar-refractivity contribution is 5.01. The van der Waals surface area contributed by atoms with Crippen LogP contribution in [0.4, 0.5) is 0 Å². The first-order chi connectivity index (χ1) is 6.96. The van der Waals surface area contributed by atoms with Crippen molar-refractivity contribution in [3.63, 3.8) is 0 Å². The molecule has 1 aliphatic heterocycles. The Morgan fingerprint density at radius 2 is 1.67 bits per heavy atom. The third-order valence-corrected chi connectivity index (χ3v) is 4.38. The summed E-state index contributed by atoms with van der Waals surface area (Å²) in [7, 11) is 0. The van der Waals surface area contributed by atoms with Crippen LogP contribution in [-0.4, -0.2) is 21.3 Å². The summed E-state index contributed by atoms with van der Waals surface area (Å²) in [6.07, 6.45) is 8.62. The summed E-state index contributed by atoms with van der Waals surface area (Å²) in [5.74, 6) is 0.751. The number of nitrogens with zero attached hydrogens (tertiary/aromatic N) is 1. The number of piperidine rings is 1. The van der Waals surface area contributed by atoms with Crippen LogP contribution in [0.15, 0.2) is 0 Å². The van der Waals surface area contributed by atoms with Crippen LogP contribution in [0.5, 0.6) is 0 Å². The van der Waals surface area contributed by atoms with Crippen LogP contribution in [0.3, 0.4) is 0 Å². The predicted molar refractivity (Wildman–Crippen MR) is 61.9 cm³/mol. The summed E-state index contributed by atoms with van der Waals surface area (Å²) in [6, 6.07) is 0. The Kier molecular flexibility index (Phi) is 2.85. The lowest BCUT2D eigenvalue weighted by Crippen LogP contribution is -2.62. The zero-order valence-electron chi connectivity index (χ0n) is 10.4. The summed E-state index contributed by atoms with van der Waals surface area (Å²) in [5.41, 5.74) is 0.0778. The zero-order valence-corrected chi connectivity index (χ0v) is 10.4. The van der Waals surface area contributed by atoms with E-state index in [0.29, 0.717) is 0 Å². The molecule has 2 nitrogen and oxygen atoms in total. The van der Waals surface area contributed by atoms with Gasteiger partial charge in [0.15, 0.2) is 0 Å². The molecule has 0 amide bonds. The van der Waals surface area contributed by atoms with Gasteiger partial charge in [0.2, 0.25) is 0 Å². The van der Waals surface area contributed by atoms with Crippen molar-refractivity contribution in [2.24, 2.45) is 5.92 Å². The lowest BCUT2D eigenvalue weighted by atomic mass is 9.68. The van der Waals surface area contributed by atoms with Crippen LogP contribution in [0.2, 0.25) is 0 Å². The van der Waals surface area contributed by atoms with E-state index in [-0.39, 0.29) is 11.1 Å². The Morgan fingerprint density at radius 1 is 1.07 bits per heavy atom. The zero-order chi connectivity index (χ0) is 11.1. The van der Waals surface area contributed by atoms with E-state index in [4.69, 9.17) is 0 Å². The van der Waals surface area contributed by atoms with E-state index in [9.17, 15) is 5.21 Å². The third-order valence-electron chi connectivity index (χ3n) is 4.38. The van der Waals surface area contributed by atoms with Crippen molar-refractivity contribution in [3.8, 4) is 0 Å². The van der Waals surface area contributed by atoms with E-state index in [0.717, 1.165) is 12.3 Å². The van der Waals surface area contributed by atoms with Crippen molar-refractivity contribution in [1.82, 2.24) is 5.06 Å². The minimum Gasteiger partial charge on any atom is -0.313 e. The maximum Gasteiger partial charge on any atom is 0.0469 e. The topological polar surface area (TPSA) is 23.5 Å². The molecule has 2 aliphatic rings. The van der Waals surface area contributed by atoms with Crippen molar-refractivity contribution in [2.45, 2.75) is 76.8 Å². The largest absolute Gasteiger partial charge is 0.313 e. The lowest BCUT2D eigenvalue weighted by molar-refractivity contribution is -0.268. The normalized spacial score (nSPS) is 35.6. The van der Waals surface area contributed by atoms with Gasteiger partial charge in [0.25, 0.3) is 0 Å². The van der Waals surface area contributed by atoms with Crippen molar-refractivity contribution in [2.75, 3.05) is 0 Å². The van der Waals surface area contributed by atoms with Crippen LogP contribution < -0.4 is 0 Å². The van der Waals surface area contributed by atoms with Gasteiger partial charge in [-0.3, -0.25) is 0 Å². The van der Waals surface area contributed by atoms with E-state index in [1.54, 1.807) is 5.06 Å². The molecule has 0 bridgehead atoms. The first-order valence-corrected chi connectivity index (χ1v) is 6.46. The van der Waals surface area contributed by atoms with Crippen LogP contribution in [0.1, 0.15) is 65.7 Å². The summed E-state index contributed by atoms with van der Waals surface area (Å²) >= 11 is 0. The number of hydroxylamine groups is 2. The average Bonchev–Trinajstić information content (AvgIpc) is 2.15. The second kappa shape index (κ2) is 3.74. The fourth-order valence-electron chi connectivity index (χ4n) is 4.01. The summed E-state index contributed by atoms with van der Waals surface area (Å²) in [5, 5.41) is 12.2. The van der Waals surface area contributed by atoms with Crippen molar-refractivity contribution < 1.29 is 5.21 Å². The summed E-state index contributed by atoms with van der Waals surface area (Å²) in [4.78, 5) is 0. The van der Waals surface area contributed by atoms with E-state index in [1.807, 2.05) is 0 Å². The van der Waals surface area contributed by atoms with Crippen LogP contribution in [-0.2, 0) is 0 Å². The van der Waals surface area contributed by atoms with E-state index < -0.39 is 0 Å². The molecular formula is C13H25NO. The number of rotatable bonds is 0. The molecule has 88 valence electrons. The molecule has 1 spiro atoms. The van der Waals surface area contributed by atoms with Gasteiger partial charge < -0.3 is 5.21 Å². The Labute approximate surface area is 93.6 Å². The first-order valence-electron chi connectivity index (χ1n) is 6.46. The van der Waals surface area contributed by atoms with Crippen LogP contribution in [0.25, 0.3) is 0 Å². The SMILES string of the molecule is CC1CC(C)(C)N(O)C2(CCCCC2)C1. The van der Waals surface area contributed by atoms with Crippen molar-refractivity contribution >= 4 is 0 Å². The third kappa shape index (κ3) is 1.94. The van der Waals surface area contributed by atoms with Crippen molar-refractivity contribution in [1.29, 1.82) is 0 Å². The van der Waals surface area contributed by atoms with Gasteiger partial charge in [-0.25, -0.2) is 0 Å². The van der Waals surface area contributed by atoms with Crippen LogP contribution in [0, 0.1) is 5.92 Å². The highest BCUT2D eigenvalue weighted by Gasteiger charge is 2.49. The Morgan fingerprint density at radius 3 is 2.27 bits per heavy atom. The second-order valence-electron chi connectivity index (χ2n) is 6.42. The van der Waals surface area contributed by atoms with E-state index in [2.05, 4.69) is 20.8 Å². The molecule has 0 aromatic carbocycles. The molecule has 1 atom stereocenters. The molecule has 1 aliphatic carbocycles. The van der Waals surface area contributed by atoms with Gasteiger partial charge in [-0.1, -0.05) is 26.2 Å². The molecule has 0 radical (unpaired) electrons. The molecule has 1 heterocycles. The molecular weight excluding hydrogens is 186 g/mol. The lowest BCUT2D eigenvalue weighted by Gasteiger charge is -2.55. The van der Waals surface area contributed by atoms with E-state index >= 15 is 0 Å². The standard InChI is InChI=1S/C13H25NO/c1-11-9-12(2,3)14(15)13(10-11)7-5-4-6-8-13/h11,15H,4-10H2,1-3H3. The summed E-state index contributed by atoms with van der Waals surface area (Å²) < 4.78 is 0. The smallest absolute Gasteiger partial charge is 0.0469 e. The molecule has 0 aromatic heterocycles.